The minimum Gasteiger partial charge on any atom is -0.383 e. The van der Waals surface area contributed by atoms with Crippen molar-refractivity contribution < 1.29 is 8.42 Å². The molecule has 1 heterocycles. The Bertz CT molecular complexity index is 559. The first kappa shape index (κ1) is 13.5. The highest BCUT2D eigenvalue weighted by molar-refractivity contribution is 7.90. The maximum Gasteiger partial charge on any atom is 0.149 e. The molecule has 0 bridgehead atoms. The van der Waals surface area contributed by atoms with Gasteiger partial charge in [0.2, 0.25) is 0 Å². The number of aryl methyl sites for hydroxylation is 2. The van der Waals surface area contributed by atoms with Crippen molar-refractivity contribution in [1.29, 1.82) is 5.26 Å². The number of nitrogens with zero attached hydrogens (tertiary/aromatic N) is 2. The van der Waals surface area contributed by atoms with Gasteiger partial charge in [-0.05, 0) is 19.9 Å². The predicted molar refractivity (Wildman–Crippen MR) is 66.6 cm³/mol. The molecule has 1 rings (SSSR count). The fourth-order valence-electron chi connectivity index (χ4n) is 1.48. The molecule has 5 nitrogen and oxygen atoms in total. The molecule has 1 aromatic rings. The van der Waals surface area contributed by atoms with Gasteiger partial charge in [0.25, 0.3) is 0 Å². The van der Waals surface area contributed by atoms with Gasteiger partial charge in [-0.25, -0.2) is 8.42 Å². The van der Waals surface area contributed by atoms with Crippen LogP contribution in [0.4, 0.5) is 5.69 Å². The summed E-state index contributed by atoms with van der Waals surface area (Å²) < 4.78 is 22.0. The molecule has 0 aliphatic heterocycles. The minimum atomic E-state index is -3.00. The molecule has 0 atom stereocenters. The lowest BCUT2D eigenvalue weighted by molar-refractivity contribution is 0.602. The second-order valence-electron chi connectivity index (χ2n) is 3.94. The summed E-state index contributed by atoms with van der Waals surface area (Å²) >= 11 is 0. The maximum absolute atomic E-state index is 11.0. The predicted octanol–water partition coefficient (Wildman–Crippen LogP) is 1.03. The van der Waals surface area contributed by atoms with Gasteiger partial charge < -0.3 is 5.32 Å². The van der Waals surface area contributed by atoms with Crippen molar-refractivity contribution in [3.8, 4) is 6.07 Å². The number of anilines is 1. The molecule has 6 heteroatoms. The Morgan fingerprint density at radius 3 is 2.65 bits per heavy atom. The molecule has 0 fully saturated rings. The molecule has 0 unspecified atom stereocenters. The largest absolute Gasteiger partial charge is 0.383 e. The Hall–Kier alpha value is -1.61. The average Bonchev–Trinajstić information content (AvgIpc) is 2.14. The van der Waals surface area contributed by atoms with E-state index in [0.29, 0.717) is 16.9 Å². The third kappa shape index (κ3) is 4.04. The standard InChI is InChI=1S/C11H15N3O2S/c1-8-6-11(10(7-12)9(2)14-8)13-4-5-17(3,15)16/h6H,4-5H2,1-3H3,(H,13,14). The first-order valence-electron chi connectivity index (χ1n) is 5.13. The lowest BCUT2D eigenvalue weighted by Gasteiger charge is -2.10. The van der Waals surface area contributed by atoms with Crippen LogP contribution in [0, 0.1) is 25.2 Å². The van der Waals surface area contributed by atoms with Crippen molar-refractivity contribution in [2.24, 2.45) is 0 Å². The molecule has 1 N–H and O–H groups in total. The summed E-state index contributed by atoms with van der Waals surface area (Å²) in [5.41, 5.74) is 2.54. The second kappa shape index (κ2) is 5.15. The SMILES string of the molecule is Cc1cc(NCCS(C)(=O)=O)c(C#N)c(C)n1. The second-order valence-corrected chi connectivity index (χ2v) is 6.20. The van der Waals surface area contributed by atoms with E-state index in [-0.39, 0.29) is 12.3 Å². The van der Waals surface area contributed by atoms with E-state index in [1.165, 1.54) is 6.26 Å². The molecule has 17 heavy (non-hydrogen) atoms. The Morgan fingerprint density at radius 1 is 1.47 bits per heavy atom. The van der Waals surface area contributed by atoms with Gasteiger partial charge in [-0.2, -0.15) is 5.26 Å². The highest BCUT2D eigenvalue weighted by atomic mass is 32.2. The van der Waals surface area contributed by atoms with Crippen LogP contribution >= 0.6 is 0 Å². The number of hydrogen-bond acceptors (Lipinski definition) is 5. The number of aromatic nitrogens is 1. The molecule has 0 spiro atoms. The lowest BCUT2D eigenvalue weighted by Crippen LogP contribution is -2.15. The normalized spacial score (nSPS) is 10.9. The Balaban J connectivity index is 2.88. The summed E-state index contributed by atoms with van der Waals surface area (Å²) in [5.74, 6) is 0.0400. The van der Waals surface area contributed by atoms with Crippen LogP contribution in [0.5, 0.6) is 0 Å². The van der Waals surface area contributed by atoms with Crippen LogP contribution in [0.3, 0.4) is 0 Å². The van der Waals surface area contributed by atoms with Crippen molar-refractivity contribution in [2.75, 3.05) is 23.9 Å². The number of nitrogens with one attached hydrogen (secondary N) is 1. The Labute approximate surface area is 101 Å². The minimum absolute atomic E-state index is 0.0400. The molecule has 0 aromatic carbocycles. The molecule has 0 radical (unpaired) electrons. The highest BCUT2D eigenvalue weighted by Gasteiger charge is 2.08. The van der Waals surface area contributed by atoms with Crippen LogP contribution in [-0.2, 0) is 9.84 Å². The van der Waals surface area contributed by atoms with Crippen LogP contribution in [0.1, 0.15) is 17.0 Å². The van der Waals surface area contributed by atoms with Crippen LogP contribution in [0.2, 0.25) is 0 Å². The van der Waals surface area contributed by atoms with Crippen LogP contribution in [0.15, 0.2) is 6.07 Å². The molecular formula is C11H15N3O2S. The van der Waals surface area contributed by atoms with Crippen LogP contribution in [-0.4, -0.2) is 32.0 Å². The highest BCUT2D eigenvalue weighted by Crippen LogP contribution is 2.18. The monoisotopic (exact) mass is 253 g/mol. The van der Waals surface area contributed by atoms with Crippen LogP contribution in [0.25, 0.3) is 0 Å². The summed E-state index contributed by atoms with van der Waals surface area (Å²) in [6.45, 7) is 3.87. The molecular weight excluding hydrogens is 238 g/mol. The van der Waals surface area contributed by atoms with Crippen molar-refractivity contribution >= 4 is 15.5 Å². The van der Waals surface area contributed by atoms with E-state index in [9.17, 15) is 8.42 Å². The molecule has 1 aromatic heterocycles. The average molecular weight is 253 g/mol. The van der Waals surface area contributed by atoms with E-state index in [0.717, 1.165) is 5.69 Å². The third-order valence-electron chi connectivity index (χ3n) is 2.23. The summed E-state index contributed by atoms with van der Waals surface area (Å²) in [7, 11) is -3.00. The first-order valence-corrected chi connectivity index (χ1v) is 7.19. The van der Waals surface area contributed by atoms with Gasteiger partial charge in [0, 0.05) is 18.5 Å². The van der Waals surface area contributed by atoms with Gasteiger partial charge in [0.1, 0.15) is 15.9 Å². The topological polar surface area (TPSA) is 82.9 Å². The smallest absolute Gasteiger partial charge is 0.149 e. The van der Waals surface area contributed by atoms with Crippen LogP contribution < -0.4 is 5.32 Å². The molecule has 0 amide bonds. The quantitative estimate of drug-likeness (QED) is 0.866. The van der Waals surface area contributed by atoms with Crippen molar-refractivity contribution in [3.05, 3.63) is 23.0 Å². The van der Waals surface area contributed by atoms with Gasteiger partial charge in [-0.15, -0.1) is 0 Å². The van der Waals surface area contributed by atoms with E-state index >= 15 is 0 Å². The van der Waals surface area contributed by atoms with E-state index in [4.69, 9.17) is 5.26 Å². The molecule has 0 saturated carbocycles. The molecule has 92 valence electrons. The first-order chi connectivity index (χ1) is 7.83. The number of hydrogen-bond donors (Lipinski definition) is 1. The zero-order chi connectivity index (χ0) is 13.1. The third-order valence-corrected chi connectivity index (χ3v) is 3.17. The zero-order valence-electron chi connectivity index (χ0n) is 10.1. The van der Waals surface area contributed by atoms with Gasteiger partial charge in [-0.1, -0.05) is 0 Å². The number of pyridine rings is 1. The summed E-state index contributed by atoms with van der Waals surface area (Å²) in [6, 6.07) is 3.81. The van der Waals surface area contributed by atoms with Crippen molar-refractivity contribution in [1.82, 2.24) is 4.98 Å². The van der Waals surface area contributed by atoms with E-state index < -0.39 is 9.84 Å². The summed E-state index contributed by atoms with van der Waals surface area (Å²) in [4.78, 5) is 4.18. The fourth-order valence-corrected chi connectivity index (χ4v) is 1.95. The zero-order valence-corrected chi connectivity index (χ0v) is 10.9. The number of rotatable bonds is 4. The van der Waals surface area contributed by atoms with Gasteiger partial charge in [-0.3, -0.25) is 4.98 Å². The van der Waals surface area contributed by atoms with E-state index in [1.54, 1.807) is 13.0 Å². The van der Waals surface area contributed by atoms with Crippen molar-refractivity contribution in [3.63, 3.8) is 0 Å². The summed E-state index contributed by atoms with van der Waals surface area (Å²) in [5, 5.41) is 12.0. The number of sulfone groups is 1. The van der Waals surface area contributed by atoms with E-state index in [2.05, 4.69) is 16.4 Å². The molecule has 0 aliphatic rings. The molecule has 0 saturated heterocycles. The van der Waals surface area contributed by atoms with Crippen molar-refractivity contribution in [2.45, 2.75) is 13.8 Å². The Morgan fingerprint density at radius 2 is 2.12 bits per heavy atom. The number of nitriles is 1. The molecule has 0 aliphatic carbocycles. The van der Waals surface area contributed by atoms with Gasteiger partial charge in [0.15, 0.2) is 0 Å². The van der Waals surface area contributed by atoms with Gasteiger partial charge >= 0.3 is 0 Å². The van der Waals surface area contributed by atoms with Gasteiger partial charge in [0.05, 0.1) is 22.7 Å². The fraction of sp³-hybridized carbons (Fsp3) is 0.455. The van der Waals surface area contributed by atoms with E-state index in [1.807, 2.05) is 6.92 Å². The maximum atomic E-state index is 11.0. The Kier molecular flexibility index (Phi) is 4.07. The summed E-state index contributed by atoms with van der Waals surface area (Å²) in [6.07, 6.45) is 1.18. The lowest BCUT2D eigenvalue weighted by atomic mass is 10.1.